The molecule has 3 aromatic rings. The van der Waals surface area contributed by atoms with E-state index in [1.165, 1.54) is 0 Å². The smallest absolute Gasteiger partial charge is 0.137 e. The van der Waals surface area contributed by atoms with E-state index in [9.17, 15) is 0 Å². The molecular formula is C18H19ClN4O. The van der Waals surface area contributed by atoms with Crippen LogP contribution in [0.5, 0.6) is 0 Å². The molecule has 0 amide bonds. The summed E-state index contributed by atoms with van der Waals surface area (Å²) in [4.78, 5) is 9.26. The first-order chi connectivity index (χ1) is 11.8. The zero-order valence-electron chi connectivity index (χ0n) is 13.3. The van der Waals surface area contributed by atoms with E-state index >= 15 is 0 Å². The Hall–Kier alpha value is -1.95. The zero-order chi connectivity index (χ0) is 16.4. The average Bonchev–Trinajstić information content (AvgIpc) is 2.83. The van der Waals surface area contributed by atoms with Crippen LogP contribution >= 0.6 is 11.6 Å². The lowest BCUT2D eigenvalue weighted by Gasteiger charge is -2.13. The first-order valence-electron chi connectivity index (χ1n) is 8.17. The highest BCUT2D eigenvalue weighted by Crippen LogP contribution is 2.22. The summed E-state index contributed by atoms with van der Waals surface area (Å²) in [5.74, 6) is 0.451. The van der Waals surface area contributed by atoms with E-state index < -0.39 is 0 Å². The number of aromatic nitrogens is 3. The van der Waals surface area contributed by atoms with Gasteiger partial charge in [-0.15, -0.1) is 0 Å². The number of hydrogen-bond acceptors (Lipinski definition) is 4. The molecule has 1 fully saturated rings. The minimum atomic E-state index is 0.451. The molecule has 0 spiro atoms. The van der Waals surface area contributed by atoms with Gasteiger partial charge in [-0.05, 0) is 30.7 Å². The molecule has 1 atom stereocenters. The summed E-state index contributed by atoms with van der Waals surface area (Å²) >= 11 is 6.12. The first-order valence-corrected chi connectivity index (χ1v) is 8.55. The topological polar surface area (TPSA) is 51.5 Å². The van der Waals surface area contributed by atoms with Crippen LogP contribution in [0.1, 0.15) is 5.69 Å². The highest BCUT2D eigenvalue weighted by Gasteiger charge is 2.15. The highest BCUT2D eigenvalue weighted by atomic mass is 35.5. The van der Waals surface area contributed by atoms with Crippen LogP contribution in [0, 0.1) is 5.92 Å². The maximum Gasteiger partial charge on any atom is 0.137 e. The third-order valence-electron chi connectivity index (χ3n) is 4.25. The van der Waals surface area contributed by atoms with Crippen molar-refractivity contribution in [2.24, 2.45) is 5.92 Å². The van der Waals surface area contributed by atoms with E-state index in [1.807, 2.05) is 41.1 Å². The maximum absolute atomic E-state index is 6.12. The highest BCUT2D eigenvalue weighted by molar-refractivity contribution is 6.30. The lowest BCUT2D eigenvalue weighted by molar-refractivity contribution is 0.123. The molecule has 1 aliphatic heterocycles. The molecule has 1 N–H and O–H groups in total. The van der Waals surface area contributed by atoms with Crippen molar-refractivity contribution in [2.75, 3.05) is 26.3 Å². The molecule has 0 aromatic carbocycles. The summed E-state index contributed by atoms with van der Waals surface area (Å²) in [6.45, 7) is 3.46. The molecule has 0 radical (unpaired) electrons. The summed E-state index contributed by atoms with van der Waals surface area (Å²) in [6.07, 6.45) is 4.61. The van der Waals surface area contributed by atoms with Gasteiger partial charge in [-0.3, -0.25) is 9.38 Å². The monoisotopic (exact) mass is 342 g/mol. The second-order valence-corrected chi connectivity index (χ2v) is 6.52. The van der Waals surface area contributed by atoms with Gasteiger partial charge in [-0.25, -0.2) is 4.98 Å². The fourth-order valence-electron chi connectivity index (χ4n) is 3.07. The van der Waals surface area contributed by atoms with E-state index in [0.717, 1.165) is 55.5 Å². The van der Waals surface area contributed by atoms with Crippen molar-refractivity contribution in [3.8, 4) is 11.4 Å². The van der Waals surface area contributed by atoms with Crippen LogP contribution in [0.2, 0.25) is 5.02 Å². The van der Waals surface area contributed by atoms with Crippen LogP contribution in [0.15, 0.2) is 42.7 Å². The van der Waals surface area contributed by atoms with Gasteiger partial charge in [0.1, 0.15) is 5.65 Å². The van der Waals surface area contributed by atoms with Gasteiger partial charge in [-0.2, -0.15) is 0 Å². The molecule has 6 heteroatoms. The van der Waals surface area contributed by atoms with Crippen LogP contribution in [0.25, 0.3) is 17.0 Å². The van der Waals surface area contributed by atoms with Gasteiger partial charge >= 0.3 is 0 Å². The van der Waals surface area contributed by atoms with Gasteiger partial charge in [0.15, 0.2) is 0 Å². The largest absolute Gasteiger partial charge is 0.380 e. The van der Waals surface area contributed by atoms with Gasteiger partial charge in [0.05, 0.1) is 35.8 Å². The Morgan fingerprint density at radius 2 is 2.25 bits per heavy atom. The molecule has 1 aliphatic rings. The quantitative estimate of drug-likeness (QED) is 0.795. The number of rotatable bonds is 3. The SMILES string of the molecule is Clc1ccc2ncc(-c3cccc(C[C@H]4CNCCOC4)n3)n2c1. The molecule has 24 heavy (non-hydrogen) atoms. The molecule has 0 bridgehead atoms. The lowest BCUT2D eigenvalue weighted by atomic mass is 10.0. The second kappa shape index (κ2) is 6.89. The summed E-state index contributed by atoms with van der Waals surface area (Å²) in [5.41, 5.74) is 3.79. The van der Waals surface area contributed by atoms with Crippen LogP contribution in [0.3, 0.4) is 0 Å². The summed E-state index contributed by atoms with van der Waals surface area (Å²) < 4.78 is 7.61. The van der Waals surface area contributed by atoms with Crippen molar-refractivity contribution >= 4 is 17.2 Å². The van der Waals surface area contributed by atoms with Crippen molar-refractivity contribution in [3.63, 3.8) is 0 Å². The predicted molar refractivity (Wildman–Crippen MR) is 94.3 cm³/mol. The van der Waals surface area contributed by atoms with E-state index in [2.05, 4.69) is 16.4 Å². The fourth-order valence-corrected chi connectivity index (χ4v) is 3.23. The Balaban J connectivity index is 1.62. The molecule has 0 unspecified atom stereocenters. The Morgan fingerprint density at radius 1 is 1.29 bits per heavy atom. The van der Waals surface area contributed by atoms with Crippen molar-refractivity contribution in [3.05, 3.63) is 53.4 Å². The first kappa shape index (κ1) is 15.6. The van der Waals surface area contributed by atoms with Crippen LogP contribution in [-0.4, -0.2) is 40.7 Å². The van der Waals surface area contributed by atoms with Crippen LogP contribution in [0.4, 0.5) is 0 Å². The number of imidazole rings is 1. The lowest BCUT2D eigenvalue weighted by Crippen LogP contribution is -2.24. The normalized spacial score (nSPS) is 18.6. The van der Waals surface area contributed by atoms with Gasteiger partial charge in [-0.1, -0.05) is 17.7 Å². The molecule has 3 aromatic heterocycles. The van der Waals surface area contributed by atoms with Gasteiger partial charge in [0.2, 0.25) is 0 Å². The summed E-state index contributed by atoms with van der Waals surface area (Å²) in [6, 6.07) is 9.88. The van der Waals surface area contributed by atoms with E-state index in [4.69, 9.17) is 21.3 Å². The minimum Gasteiger partial charge on any atom is -0.380 e. The molecular weight excluding hydrogens is 324 g/mol. The molecule has 4 rings (SSSR count). The Labute approximate surface area is 145 Å². The Bertz CT molecular complexity index is 840. The third kappa shape index (κ3) is 3.29. The predicted octanol–water partition coefficient (Wildman–Crippen LogP) is 2.83. The van der Waals surface area contributed by atoms with Gasteiger partial charge in [0, 0.05) is 30.9 Å². The number of halogens is 1. The Morgan fingerprint density at radius 3 is 3.21 bits per heavy atom. The van der Waals surface area contributed by atoms with Gasteiger partial charge in [0.25, 0.3) is 0 Å². The Kier molecular flexibility index (Phi) is 4.47. The number of hydrogen-bond donors (Lipinski definition) is 1. The van der Waals surface area contributed by atoms with Crippen molar-refractivity contribution in [1.29, 1.82) is 0 Å². The summed E-state index contributed by atoms with van der Waals surface area (Å²) in [5, 5.41) is 4.09. The standard InChI is InChI=1S/C18H19ClN4O/c19-14-4-5-18-21-10-17(23(18)11-14)16-3-1-2-15(22-16)8-13-9-20-6-7-24-12-13/h1-5,10-11,13,20H,6-9,12H2/t13-/m0/s1. The average molecular weight is 343 g/mol. The van der Waals surface area contributed by atoms with E-state index in [0.29, 0.717) is 10.9 Å². The number of pyridine rings is 2. The molecule has 1 saturated heterocycles. The van der Waals surface area contributed by atoms with Crippen molar-refractivity contribution in [2.45, 2.75) is 6.42 Å². The molecule has 4 heterocycles. The molecule has 5 nitrogen and oxygen atoms in total. The zero-order valence-corrected chi connectivity index (χ0v) is 14.0. The third-order valence-corrected chi connectivity index (χ3v) is 4.47. The molecule has 0 aliphatic carbocycles. The van der Waals surface area contributed by atoms with E-state index in [1.54, 1.807) is 0 Å². The number of nitrogens with one attached hydrogen (secondary N) is 1. The van der Waals surface area contributed by atoms with Crippen molar-refractivity contribution < 1.29 is 4.74 Å². The molecule has 124 valence electrons. The van der Waals surface area contributed by atoms with Gasteiger partial charge < -0.3 is 10.1 Å². The van der Waals surface area contributed by atoms with Crippen molar-refractivity contribution in [1.82, 2.24) is 19.7 Å². The maximum atomic E-state index is 6.12. The molecule has 0 saturated carbocycles. The number of fused-ring (bicyclic) bond motifs is 1. The van der Waals surface area contributed by atoms with E-state index in [-0.39, 0.29) is 0 Å². The number of nitrogens with zero attached hydrogens (tertiary/aromatic N) is 3. The van der Waals surface area contributed by atoms with Crippen LogP contribution < -0.4 is 5.32 Å². The van der Waals surface area contributed by atoms with Crippen LogP contribution in [-0.2, 0) is 11.2 Å². The second-order valence-electron chi connectivity index (χ2n) is 6.08. The summed E-state index contributed by atoms with van der Waals surface area (Å²) in [7, 11) is 0. The minimum absolute atomic E-state index is 0.451. The number of ether oxygens (including phenoxy) is 1. The fraction of sp³-hybridized carbons (Fsp3) is 0.333.